The van der Waals surface area contributed by atoms with Gasteiger partial charge in [-0.2, -0.15) is 0 Å². The number of carbonyl (C=O) groups excluding carboxylic acids is 2. The molecule has 1 heterocycles. The summed E-state index contributed by atoms with van der Waals surface area (Å²) in [6.07, 6.45) is 1.92. The molecular weight excluding hydrogens is 212 g/mol. The summed E-state index contributed by atoms with van der Waals surface area (Å²) in [5.41, 5.74) is 0. The first-order valence-electron chi connectivity index (χ1n) is 5.53. The highest BCUT2D eigenvalue weighted by molar-refractivity contribution is 5.77. The van der Waals surface area contributed by atoms with Gasteiger partial charge in [0.1, 0.15) is 6.61 Å². The van der Waals surface area contributed by atoms with Gasteiger partial charge in [0.15, 0.2) is 6.61 Å². The van der Waals surface area contributed by atoms with Crippen molar-refractivity contribution >= 4 is 11.9 Å². The summed E-state index contributed by atoms with van der Waals surface area (Å²) in [6.45, 7) is 4.08. The summed E-state index contributed by atoms with van der Waals surface area (Å²) in [6, 6.07) is 0. The molecule has 0 spiro atoms. The van der Waals surface area contributed by atoms with Gasteiger partial charge in [-0.1, -0.05) is 13.8 Å². The largest absolute Gasteiger partial charge is 0.460 e. The van der Waals surface area contributed by atoms with Crippen LogP contribution in [0.25, 0.3) is 0 Å². The molecule has 0 amide bonds. The Morgan fingerprint density at radius 2 is 2.12 bits per heavy atom. The minimum atomic E-state index is -0.524. The van der Waals surface area contributed by atoms with Crippen molar-refractivity contribution in [3.63, 3.8) is 0 Å². The van der Waals surface area contributed by atoms with Crippen molar-refractivity contribution < 1.29 is 23.8 Å². The number of hydrogen-bond acceptors (Lipinski definition) is 5. The van der Waals surface area contributed by atoms with Gasteiger partial charge in [0.05, 0.1) is 12.0 Å². The Kier molecular flexibility index (Phi) is 5.25. The van der Waals surface area contributed by atoms with Crippen LogP contribution in [0.15, 0.2) is 0 Å². The molecule has 1 unspecified atom stereocenters. The molecule has 0 N–H and O–H groups in total. The Morgan fingerprint density at radius 1 is 1.38 bits per heavy atom. The molecule has 92 valence electrons. The molecule has 0 aromatic heterocycles. The first-order valence-corrected chi connectivity index (χ1v) is 5.53. The number of hydrogen-bond donors (Lipinski definition) is 0. The van der Waals surface area contributed by atoms with Gasteiger partial charge in [0.2, 0.25) is 0 Å². The maximum atomic E-state index is 11.2. The minimum absolute atomic E-state index is 0.00440. The fourth-order valence-corrected chi connectivity index (χ4v) is 1.30. The summed E-state index contributed by atoms with van der Waals surface area (Å²) in [7, 11) is 0. The predicted octanol–water partition coefficient (Wildman–Crippen LogP) is 0.908. The topological polar surface area (TPSA) is 61.8 Å². The van der Waals surface area contributed by atoms with E-state index in [4.69, 9.17) is 14.2 Å². The van der Waals surface area contributed by atoms with E-state index < -0.39 is 11.9 Å². The van der Waals surface area contributed by atoms with Crippen molar-refractivity contribution in [2.45, 2.75) is 32.8 Å². The van der Waals surface area contributed by atoms with Gasteiger partial charge >= 0.3 is 11.9 Å². The average Bonchev–Trinajstić information content (AvgIpc) is 2.75. The first kappa shape index (κ1) is 13.0. The Bertz CT molecular complexity index is 243. The molecule has 0 radical (unpaired) electrons. The molecule has 1 fully saturated rings. The molecule has 1 aliphatic heterocycles. The van der Waals surface area contributed by atoms with Gasteiger partial charge < -0.3 is 14.2 Å². The van der Waals surface area contributed by atoms with Crippen LogP contribution in [0.5, 0.6) is 0 Å². The molecule has 0 aromatic rings. The van der Waals surface area contributed by atoms with Crippen LogP contribution in [-0.4, -0.2) is 37.9 Å². The second-order valence-electron chi connectivity index (χ2n) is 4.08. The molecule has 0 aliphatic carbocycles. The first-order chi connectivity index (χ1) is 7.59. The lowest BCUT2D eigenvalue weighted by Crippen LogP contribution is -2.23. The van der Waals surface area contributed by atoms with E-state index in [0.717, 1.165) is 19.4 Å². The molecule has 5 heteroatoms. The summed E-state index contributed by atoms with van der Waals surface area (Å²) in [5.74, 6) is -1.15. The quantitative estimate of drug-likeness (QED) is 0.657. The van der Waals surface area contributed by atoms with Crippen LogP contribution in [0.4, 0.5) is 0 Å². The van der Waals surface area contributed by atoms with Crippen molar-refractivity contribution in [2.75, 3.05) is 19.8 Å². The second kappa shape index (κ2) is 6.48. The van der Waals surface area contributed by atoms with Crippen LogP contribution < -0.4 is 0 Å². The van der Waals surface area contributed by atoms with Crippen molar-refractivity contribution in [2.24, 2.45) is 5.92 Å². The van der Waals surface area contributed by atoms with E-state index in [1.807, 2.05) is 0 Å². The molecule has 1 atom stereocenters. The average molecular weight is 230 g/mol. The monoisotopic (exact) mass is 230 g/mol. The van der Waals surface area contributed by atoms with Gasteiger partial charge in [0, 0.05) is 6.61 Å². The van der Waals surface area contributed by atoms with E-state index in [2.05, 4.69) is 0 Å². The Labute approximate surface area is 95.0 Å². The molecule has 1 rings (SSSR count). The Balaban J connectivity index is 2.08. The summed E-state index contributed by atoms with van der Waals surface area (Å²) in [4.78, 5) is 22.2. The van der Waals surface area contributed by atoms with E-state index in [9.17, 15) is 9.59 Å². The fraction of sp³-hybridized carbons (Fsp3) is 0.818. The second-order valence-corrected chi connectivity index (χ2v) is 4.08. The molecule has 0 aromatic carbocycles. The predicted molar refractivity (Wildman–Crippen MR) is 55.7 cm³/mol. The van der Waals surface area contributed by atoms with Crippen molar-refractivity contribution in [1.82, 2.24) is 0 Å². The molecule has 5 nitrogen and oxygen atoms in total. The lowest BCUT2D eigenvalue weighted by Gasteiger charge is -2.10. The molecule has 1 saturated heterocycles. The summed E-state index contributed by atoms with van der Waals surface area (Å²) >= 11 is 0. The molecule has 16 heavy (non-hydrogen) atoms. The van der Waals surface area contributed by atoms with Crippen LogP contribution in [0.1, 0.15) is 26.7 Å². The van der Waals surface area contributed by atoms with Gasteiger partial charge in [0.25, 0.3) is 0 Å². The number of rotatable bonds is 5. The van der Waals surface area contributed by atoms with Crippen LogP contribution in [0.3, 0.4) is 0 Å². The molecule has 0 bridgehead atoms. The zero-order valence-electron chi connectivity index (χ0n) is 9.73. The van der Waals surface area contributed by atoms with Gasteiger partial charge in [-0.05, 0) is 12.8 Å². The lowest BCUT2D eigenvalue weighted by atomic mass is 10.2. The van der Waals surface area contributed by atoms with Gasteiger partial charge in [-0.15, -0.1) is 0 Å². The van der Waals surface area contributed by atoms with E-state index in [-0.39, 0.29) is 25.2 Å². The summed E-state index contributed by atoms with van der Waals surface area (Å²) in [5, 5.41) is 0. The van der Waals surface area contributed by atoms with Crippen molar-refractivity contribution in [3.8, 4) is 0 Å². The highest BCUT2D eigenvalue weighted by Crippen LogP contribution is 2.11. The zero-order chi connectivity index (χ0) is 12.0. The molecule has 1 aliphatic rings. The third-order valence-corrected chi connectivity index (χ3v) is 2.26. The maximum Gasteiger partial charge on any atom is 0.344 e. The van der Waals surface area contributed by atoms with E-state index in [1.54, 1.807) is 13.8 Å². The minimum Gasteiger partial charge on any atom is -0.460 e. The third-order valence-electron chi connectivity index (χ3n) is 2.26. The Morgan fingerprint density at radius 3 is 2.69 bits per heavy atom. The van der Waals surface area contributed by atoms with E-state index in [1.165, 1.54) is 0 Å². The van der Waals surface area contributed by atoms with Crippen molar-refractivity contribution in [3.05, 3.63) is 0 Å². The lowest BCUT2D eigenvalue weighted by molar-refractivity contribution is -0.162. The number of esters is 2. The van der Waals surface area contributed by atoms with Crippen LogP contribution in [0.2, 0.25) is 0 Å². The SMILES string of the molecule is CC(C)C(=O)OCC(=O)OCC1CCCO1. The number of ether oxygens (including phenoxy) is 3. The fourth-order valence-electron chi connectivity index (χ4n) is 1.30. The maximum absolute atomic E-state index is 11.2. The Hall–Kier alpha value is -1.10. The van der Waals surface area contributed by atoms with Crippen LogP contribution in [0, 0.1) is 5.92 Å². The van der Waals surface area contributed by atoms with Crippen LogP contribution >= 0.6 is 0 Å². The standard InChI is InChI=1S/C11H18O5/c1-8(2)11(13)16-7-10(12)15-6-9-4-3-5-14-9/h8-9H,3-7H2,1-2H3. The van der Waals surface area contributed by atoms with Crippen molar-refractivity contribution in [1.29, 1.82) is 0 Å². The van der Waals surface area contributed by atoms with Gasteiger partial charge in [-0.3, -0.25) is 4.79 Å². The third kappa shape index (κ3) is 4.61. The van der Waals surface area contributed by atoms with E-state index >= 15 is 0 Å². The zero-order valence-corrected chi connectivity index (χ0v) is 9.73. The summed E-state index contributed by atoms with van der Waals surface area (Å²) < 4.78 is 14.9. The molecular formula is C11H18O5. The van der Waals surface area contributed by atoms with Crippen LogP contribution in [-0.2, 0) is 23.8 Å². The highest BCUT2D eigenvalue weighted by atomic mass is 16.6. The smallest absolute Gasteiger partial charge is 0.344 e. The highest BCUT2D eigenvalue weighted by Gasteiger charge is 2.18. The van der Waals surface area contributed by atoms with Gasteiger partial charge in [-0.25, -0.2) is 4.79 Å². The molecule has 0 saturated carbocycles. The normalized spacial score (nSPS) is 19.8. The van der Waals surface area contributed by atoms with E-state index in [0.29, 0.717) is 0 Å². The number of carbonyl (C=O) groups is 2.